The standard InChI is InChI=1S/C14H11F3IN3O/c15-8-5-19-2-1-7(8)13-11(18)10-12(21-13)6(3-9(16)17)4-20-14(10)22/h1-2,5-6,9,21H,3-4H2,(H,20,22). The summed E-state index contributed by atoms with van der Waals surface area (Å²) in [5.74, 6) is -1.38. The second-order valence-electron chi connectivity index (χ2n) is 4.99. The molecule has 22 heavy (non-hydrogen) atoms. The third kappa shape index (κ3) is 2.59. The van der Waals surface area contributed by atoms with E-state index >= 15 is 0 Å². The molecule has 3 heterocycles. The summed E-state index contributed by atoms with van der Waals surface area (Å²) in [5.41, 5.74) is 1.45. The maximum absolute atomic E-state index is 13.9. The van der Waals surface area contributed by atoms with Crippen LogP contribution in [0.3, 0.4) is 0 Å². The first-order valence-electron chi connectivity index (χ1n) is 6.56. The van der Waals surface area contributed by atoms with Crippen LogP contribution < -0.4 is 5.32 Å². The van der Waals surface area contributed by atoms with Gasteiger partial charge in [-0.15, -0.1) is 0 Å². The van der Waals surface area contributed by atoms with E-state index in [0.717, 1.165) is 6.20 Å². The summed E-state index contributed by atoms with van der Waals surface area (Å²) >= 11 is 1.93. The molecule has 0 radical (unpaired) electrons. The van der Waals surface area contributed by atoms with E-state index in [0.29, 0.717) is 20.5 Å². The Morgan fingerprint density at radius 2 is 2.23 bits per heavy atom. The molecule has 1 unspecified atom stereocenters. The lowest BCUT2D eigenvalue weighted by Gasteiger charge is -2.22. The molecule has 0 saturated carbocycles. The Morgan fingerprint density at radius 1 is 1.45 bits per heavy atom. The molecule has 2 N–H and O–H groups in total. The second kappa shape index (κ2) is 5.90. The van der Waals surface area contributed by atoms with Crippen LogP contribution in [0.2, 0.25) is 0 Å². The smallest absolute Gasteiger partial charge is 0.254 e. The number of aromatic amines is 1. The molecule has 1 amide bonds. The predicted molar refractivity (Wildman–Crippen MR) is 82.4 cm³/mol. The predicted octanol–water partition coefficient (Wildman–Crippen LogP) is 3.30. The van der Waals surface area contributed by atoms with Gasteiger partial charge in [0.1, 0.15) is 0 Å². The summed E-state index contributed by atoms with van der Waals surface area (Å²) in [6, 6.07) is 1.48. The van der Waals surface area contributed by atoms with Crippen LogP contribution in [0.25, 0.3) is 11.3 Å². The number of fused-ring (bicyclic) bond motifs is 1. The molecule has 0 aromatic carbocycles. The van der Waals surface area contributed by atoms with E-state index in [1.54, 1.807) is 0 Å². The van der Waals surface area contributed by atoms with Crippen LogP contribution in [0.5, 0.6) is 0 Å². The van der Waals surface area contributed by atoms with Crippen molar-refractivity contribution >= 4 is 28.5 Å². The van der Waals surface area contributed by atoms with Crippen LogP contribution >= 0.6 is 22.6 Å². The van der Waals surface area contributed by atoms with E-state index in [-0.39, 0.29) is 24.4 Å². The normalized spacial score (nSPS) is 17.5. The largest absolute Gasteiger partial charge is 0.356 e. The lowest BCUT2D eigenvalue weighted by Crippen LogP contribution is -2.35. The molecular formula is C14H11F3IN3O. The number of hydrogen-bond donors (Lipinski definition) is 2. The molecule has 0 aliphatic carbocycles. The van der Waals surface area contributed by atoms with Crippen LogP contribution in [0.15, 0.2) is 18.5 Å². The number of nitrogens with zero attached hydrogens (tertiary/aromatic N) is 1. The van der Waals surface area contributed by atoms with Crippen molar-refractivity contribution in [1.82, 2.24) is 15.3 Å². The Hall–Kier alpha value is -1.58. The second-order valence-corrected chi connectivity index (χ2v) is 6.07. The van der Waals surface area contributed by atoms with Gasteiger partial charge in [0.2, 0.25) is 6.43 Å². The molecule has 0 spiro atoms. The van der Waals surface area contributed by atoms with Gasteiger partial charge in [0, 0.05) is 36.3 Å². The van der Waals surface area contributed by atoms with Crippen molar-refractivity contribution in [3.8, 4) is 11.3 Å². The van der Waals surface area contributed by atoms with E-state index in [1.165, 1.54) is 12.3 Å². The molecule has 0 saturated heterocycles. The number of aromatic nitrogens is 2. The number of rotatable bonds is 3. The minimum Gasteiger partial charge on any atom is -0.356 e. The Kier molecular flexibility index (Phi) is 4.11. The van der Waals surface area contributed by atoms with Gasteiger partial charge < -0.3 is 10.3 Å². The number of halogens is 4. The zero-order valence-corrected chi connectivity index (χ0v) is 13.3. The molecule has 1 aliphatic rings. The maximum Gasteiger partial charge on any atom is 0.254 e. The van der Waals surface area contributed by atoms with Gasteiger partial charge in [-0.2, -0.15) is 0 Å². The quantitative estimate of drug-likeness (QED) is 0.748. The Morgan fingerprint density at radius 3 is 2.91 bits per heavy atom. The molecule has 4 nitrogen and oxygen atoms in total. The first-order chi connectivity index (χ1) is 10.5. The Labute approximate surface area is 137 Å². The molecule has 0 fully saturated rings. The highest BCUT2D eigenvalue weighted by Gasteiger charge is 2.33. The zero-order chi connectivity index (χ0) is 15.9. The SMILES string of the molecule is O=C1NCC(CC(F)F)c2[nH]c(-c3ccncc3F)c(I)c21. The van der Waals surface area contributed by atoms with Crippen LogP contribution in [0.1, 0.15) is 28.4 Å². The van der Waals surface area contributed by atoms with E-state index in [4.69, 9.17) is 0 Å². The zero-order valence-electron chi connectivity index (χ0n) is 11.2. The maximum atomic E-state index is 13.9. The Bertz CT molecular complexity index is 732. The van der Waals surface area contributed by atoms with Crippen molar-refractivity contribution < 1.29 is 18.0 Å². The number of hydrogen-bond acceptors (Lipinski definition) is 2. The van der Waals surface area contributed by atoms with Crippen molar-refractivity contribution in [2.45, 2.75) is 18.8 Å². The van der Waals surface area contributed by atoms with Crippen LogP contribution in [-0.4, -0.2) is 28.8 Å². The van der Waals surface area contributed by atoms with Gasteiger partial charge >= 0.3 is 0 Å². The Balaban J connectivity index is 2.13. The molecular weight excluding hydrogens is 410 g/mol. The van der Waals surface area contributed by atoms with E-state index in [1.807, 2.05) is 22.6 Å². The number of amides is 1. The summed E-state index contributed by atoms with van der Waals surface area (Å²) < 4.78 is 39.9. The van der Waals surface area contributed by atoms with Crippen molar-refractivity contribution in [3.05, 3.63) is 39.1 Å². The lowest BCUT2D eigenvalue weighted by atomic mass is 9.94. The minimum atomic E-state index is -2.48. The summed E-state index contributed by atoms with van der Waals surface area (Å²) in [4.78, 5) is 18.7. The van der Waals surface area contributed by atoms with Crippen molar-refractivity contribution in [3.63, 3.8) is 0 Å². The average Bonchev–Trinajstić information content (AvgIpc) is 2.81. The van der Waals surface area contributed by atoms with Crippen molar-refractivity contribution in [2.75, 3.05) is 6.54 Å². The van der Waals surface area contributed by atoms with Gasteiger partial charge in [-0.3, -0.25) is 9.78 Å². The average molecular weight is 421 g/mol. The lowest BCUT2D eigenvalue weighted by molar-refractivity contribution is 0.0912. The highest BCUT2D eigenvalue weighted by Crippen LogP contribution is 2.37. The summed E-state index contributed by atoms with van der Waals surface area (Å²) in [7, 11) is 0. The van der Waals surface area contributed by atoms with Crippen LogP contribution in [0.4, 0.5) is 13.2 Å². The number of pyridine rings is 1. The highest BCUT2D eigenvalue weighted by molar-refractivity contribution is 14.1. The summed E-state index contributed by atoms with van der Waals surface area (Å²) in [6.45, 7) is 0.144. The molecule has 8 heteroatoms. The molecule has 2 aromatic rings. The first-order valence-corrected chi connectivity index (χ1v) is 7.64. The molecule has 116 valence electrons. The van der Waals surface area contributed by atoms with E-state index < -0.39 is 18.2 Å². The van der Waals surface area contributed by atoms with Gasteiger partial charge in [0.05, 0.1) is 21.0 Å². The molecule has 0 bridgehead atoms. The van der Waals surface area contributed by atoms with Gasteiger partial charge in [-0.25, -0.2) is 13.2 Å². The molecule has 1 aliphatic heterocycles. The monoisotopic (exact) mass is 421 g/mol. The van der Waals surface area contributed by atoms with Crippen LogP contribution in [-0.2, 0) is 0 Å². The van der Waals surface area contributed by atoms with E-state index in [9.17, 15) is 18.0 Å². The van der Waals surface area contributed by atoms with E-state index in [2.05, 4.69) is 15.3 Å². The van der Waals surface area contributed by atoms with Gasteiger partial charge in [0.25, 0.3) is 5.91 Å². The summed E-state index contributed by atoms with van der Waals surface area (Å²) in [5, 5.41) is 2.61. The van der Waals surface area contributed by atoms with Gasteiger partial charge in [-0.1, -0.05) is 0 Å². The first kappa shape index (κ1) is 15.3. The number of H-pyrrole nitrogens is 1. The number of alkyl halides is 2. The van der Waals surface area contributed by atoms with Crippen molar-refractivity contribution in [2.24, 2.45) is 0 Å². The topological polar surface area (TPSA) is 57.8 Å². The third-order valence-electron chi connectivity index (χ3n) is 3.62. The molecule has 3 rings (SSSR count). The third-order valence-corrected chi connectivity index (χ3v) is 4.70. The fourth-order valence-corrected chi connectivity index (χ4v) is 3.57. The van der Waals surface area contributed by atoms with Gasteiger partial charge in [-0.05, 0) is 28.7 Å². The van der Waals surface area contributed by atoms with Gasteiger partial charge in [0.15, 0.2) is 5.82 Å². The molecule has 2 aromatic heterocycles. The highest BCUT2D eigenvalue weighted by atomic mass is 127. The number of nitrogens with one attached hydrogen (secondary N) is 2. The molecule has 1 atom stereocenters. The van der Waals surface area contributed by atoms with Crippen molar-refractivity contribution in [1.29, 1.82) is 0 Å². The fourth-order valence-electron chi connectivity index (χ4n) is 2.61. The number of carbonyl (C=O) groups excluding carboxylic acids is 1. The minimum absolute atomic E-state index is 0.144. The number of carbonyl (C=O) groups is 1. The summed E-state index contributed by atoms with van der Waals surface area (Å²) in [6.07, 6.45) is -0.329. The fraction of sp³-hybridized carbons (Fsp3) is 0.286. The van der Waals surface area contributed by atoms with Crippen LogP contribution in [0, 0.1) is 9.39 Å².